The van der Waals surface area contributed by atoms with Crippen molar-refractivity contribution < 1.29 is 9.72 Å². The fraction of sp³-hybridized carbons (Fsp3) is 0.190. The minimum Gasteiger partial charge on any atom is -0.384 e. The molecule has 0 saturated heterocycles. The van der Waals surface area contributed by atoms with E-state index >= 15 is 0 Å². The number of carbonyl (C=O) groups excluding carboxylic acids is 1. The number of nitro benzene ring substituents is 1. The Morgan fingerprint density at radius 1 is 1.24 bits per heavy atom. The summed E-state index contributed by atoms with van der Waals surface area (Å²) in [6.07, 6.45) is 4.97. The third kappa shape index (κ3) is 3.02. The molecule has 0 bridgehead atoms. The number of benzene rings is 1. The van der Waals surface area contributed by atoms with Crippen LogP contribution >= 0.6 is 0 Å². The van der Waals surface area contributed by atoms with Crippen LogP contribution in [0, 0.1) is 21.4 Å². The largest absolute Gasteiger partial charge is 0.384 e. The van der Waals surface area contributed by atoms with Gasteiger partial charge in [-0.1, -0.05) is 6.07 Å². The van der Waals surface area contributed by atoms with Gasteiger partial charge in [0.2, 0.25) is 0 Å². The van der Waals surface area contributed by atoms with Crippen LogP contribution in [0.25, 0.3) is 0 Å². The molecule has 29 heavy (non-hydrogen) atoms. The van der Waals surface area contributed by atoms with Crippen molar-refractivity contribution >= 4 is 17.2 Å². The van der Waals surface area contributed by atoms with Crippen LogP contribution in [0.3, 0.4) is 0 Å². The highest BCUT2D eigenvalue weighted by Crippen LogP contribution is 2.46. The van der Waals surface area contributed by atoms with Gasteiger partial charge in [-0.3, -0.25) is 24.8 Å². The molecular weight excluding hydrogens is 370 g/mol. The van der Waals surface area contributed by atoms with Crippen LogP contribution in [0.5, 0.6) is 0 Å². The van der Waals surface area contributed by atoms with E-state index in [1.165, 1.54) is 12.1 Å². The average Bonchev–Trinajstić information content (AvgIpc) is 2.74. The summed E-state index contributed by atoms with van der Waals surface area (Å²) in [4.78, 5) is 29.2. The van der Waals surface area contributed by atoms with Gasteiger partial charge in [0.1, 0.15) is 5.82 Å². The van der Waals surface area contributed by atoms with Crippen molar-refractivity contribution in [1.82, 2.24) is 4.98 Å². The molecule has 0 spiro atoms. The first-order valence-corrected chi connectivity index (χ1v) is 9.13. The number of Topliss-reactive ketones (excluding diaryl/α,β-unsaturated/α-hetero) is 1. The molecule has 1 atom stereocenters. The normalized spacial score (nSPS) is 19.1. The van der Waals surface area contributed by atoms with E-state index in [9.17, 15) is 20.2 Å². The lowest BCUT2D eigenvalue weighted by Gasteiger charge is -2.39. The molecule has 2 aliphatic rings. The Bertz CT molecular complexity index is 1100. The van der Waals surface area contributed by atoms with Gasteiger partial charge in [-0.2, -0.15) is 5.26 Å². The molecule has 0 saturated carbocycles. The van der Waals surface area contributed by atoms with Crippen molar-refractivity contribution in [2.75, 3.05) is 4.90 Å². The van der Waals surface area contributed by atoms with Crippen molar-refractivity contribution in [2.24, 2.45) is 5.73 Å². The van der Waals surface area contributed by atoms with Gasteiger partial charge in [-0.05, 0) is 36.6 Å². The number of hydrogen-bond acceptors (Lipinski definition) is 7. The molecule has 2 heterocycles. The highest BCUT2D eigenvalue weighted by atomic mass is 16.6. The van der Waals surface area contributed by atoms with E-state index in [0.717, 1.165) is 11.3 Å². The van der Waals surface area contributed by atoms with Gasteiger partial charge in [-0.25, -0.2) is 0 Å². The van der Waals surface area contributed by atoms with Gasteiger partial charge in [0.15, 0.2) is 5.78 Å². The Hall–Kier alpha value is -3.99. The fourth-order valence-corrected chi connectivity index (χ4v) is 3.98. The minimum absolute atomic E-state index is 0.0211. The standard InChI is InChI=1S/C21H17N5O3/c22-11-16-19(13-3-2-10-24-12-13)20-17(4-1-5-18(20)27)25(21(16)23)14-6-8-15(9-7-14)26(28)29/h2-3,6-10,12,19H,1,4-5,23H2. The number of rotatable bonds is 3. The summed E-state index contributed by atoms with van der Waals surface area (Å²) in [5, 5.41) is 20.9. The molecule has 0 radical (unpaired) electrons. The second-order valence-electron chi connectivity index (χ2n) is 6.88. The van der Waals surface area contributed by atoms with Crippen LogP contribution in [0.1, 0.15) is 30.7 Å². The van der Waals surface area contributed by atoms with Crippen LogP contribution < -0.4 is 10.6 Å². The Morgan fingerprint density at radius 3 is 2.62 bits per heavy atom. The topological polar surface area (TPSA) is 126 Å². The summed E-state index contributed by atoms with van der Waals surface area (Å²) >= 11 is 0. The second-order valence-corrected chi connectivity index (χ2v) is 6.88. The van der Waals surface area contributed by atoms with Crippen molar-refractivity contribution in [3.8, 4) is 6.07 Å². The number of allylic oxidation sites excluding steroid dienone is 3. The predicted molar refractivity (Wildman–Crippen MR) is 105 cm³/mol. The van der Waals surface area contributed by atoms with E-state index in [4.69, 9.17) is 5.73 Å². The molecule has 144 valence electrons. The van der Waals surface area contributed by atoms with Crippen molar-refractivity contribution in [3.63, 3.8) is 0 Å². The summed E-state index contributed by atoms with van der Waals surface area (Å²) in [5.41, 5.74) is 9.25. The predicted octanol–water partition coefficient (Wildman–Crippen LogP) is 3.29. The van der Waals surface area contributed by atoms with Crippen molar-refractivity contribution in [3.05, 3.63) is 87.1 Å². The van der Waals surface area contributed by atoms with Crippen LogP contribution in [-0.4, -0.2) is 15.7 Å². The molecule has 2 N–H and O–H groups in total. The Balaban J connectivity index is 1.92. The number of nitro groups is 1. The first-order valence-electron chi connectivity index (χ1n) is 9.13. The lowest BCUT2D eigenvalue weighted by atomic mass is 9.76. The molecule has 4 rings (SSSR count). The van der Waals surface area contributed by atoms with Crippen LogP contribution in [0.2, 0.25) is 0 Å². The molecule has 1 aliphatic heterocycles. The van der Waals surface area contributed by atoms with E-state index in [1.54, 1.807) is 35.5 Å². The third-order valence-corrected chi connectivity index (χ3v) is 5.25. The van der Waals surface area contributed by atoms with Gasteiger partial charge in [-0.15, -0.1) is 0 Å². The van der Waals surface area contributed by atoms with Crippen molar-refractivity contribution in [1.29, 1.82) is 5.26 Å². The number of anilines is 1. The molecule has 8 nitrogen and oxygen atoms in total. The molecule has 0 amide bonds. The number of aromatic nitrogens is 1. The SMILES string of the molecule is N#CC1=C(N)N(c2ccc([N+](=O)[O-])cc2)C2=C(C(=O)CCC2)C1c1cccnc1. The number of carbonyl (C=O) groups is 1. The number of pyridine rings is 1. The zero-order valence-electron chi connectivity index (χ0n) is 15.4. The van der Waals surface area contributed by atoms with Crippen molar-refractivity contribution in [2.45, 2.75) is 25.2 Å². The Kier molecular flexibility index (Phi) is 4.56. The monoisotopic (exact) mass is 387 g/mol. The first kappa shape index (κ1) is 18.4. The van der Waals surface area contributed by atoms with Gasteiger partial charge >= 0.3 is 0 Å². The summed E-state index contributed by atoms with van der Waals surface area (Å²) in [6.45, 7) is 0. The molecule has 8 heteroatoms. The Labute approximate surface area is 166 Å². The van der Waals surface area contributed by atoms with Gasteiger partial charge < -0.3 is 5.73 Å². The maximum Gasteiger partial charge on any atom is 0.269 e. The van der Waals surface area contributed by atoms with E-state index in [-0.39, 0.29) is 22.9 Å². The average molecular weight is 387 g/mol. The van der Waals surface area contributed by atoms with E-state index in [2.05, 4.69) is 11.1 Å². The zero-order valence-corrected chi connectivity index (χ0v) is 15.4. The lowest BCUT2D eigenvalue weighted by molar-refractivity contribution is -0.384. The first-order chi connectivity index (χ1) is 14.0. The number of hydrogen-bond donors (Lipinski definition) is 1. The van der Waals surface area contributed by atoms with E-state index < -0.39 is 10.8 Å². The molecule has 1 aliphatic carbocycles. The Morgan fingerprint density at radius 2 is 2.00 bits per heavy atom. The van der Waals surface area contributed by atoms with Gasteiger partial charge in [0.25, 0.3) is 5.69 Å². The quantitative estimate of drug-likeness (QED) is 0.632. The second kappa shape index (κ2) is 7.20. The number of ketones is 1. The van der Waals surface area contributed by atoms with Crippen LogP contribution in [0.15, 0.2) is 71.5 Å². The molecule has 0 fully saturated rings. The lowest BCUT2D eigenvalue weighted by Crippen LogP contribution is -2.38. The third-order valence-electron chi connectivity index (χ3n) is 5.25. The molecule has 2 aromatic rings. The fourth-order valence-electron chi connectivity index (χ4n) is 3.98. The summed E-state index contributed by atoms with van der Waals surface area (Å²) < 4.78 is 0. The maximum atomic E-state index is 12.9. The highest BCUT2D eigenvalue weighted by Gasteiger charge is 2.40. The highest BCUT2D eigenvalue weighted by molar-refractivity contribution is 6.01. The van der Waals surface area contributed by atoms with Crippen LogP contribution in [0.4, 0.5) is 11.4 Å². The number of nitrogens with zero attached hydrogens (tertiary/aromatic N) is 4. The summed E-state index contributed by atoms with van der Waals surface area (Å²) in [6, 6.07) is 11.7. The van der Waals surface area contributed by atoms with Gasteiger partial charge in [0.05, 0.1) is 22.5 Å². The molecule has 1 aromatic heterocycles. The summed E-state index contributed by atoms with van der Waals surface area (Å²) in [5.74, 6) is -0.360. The number of non-ortho nitro benzene ring substituents is 1. The molecule has 1 unspecified atom stereocenters. The summed E-state index contributed by atoms with van der Waals surface area (Å²) in [7, 11) is 0. The van der Waals surface area contributed by atoms with E-state index in [1.807, 2.05) is 6.07 Å². The zero-order chi connectivity index (χ0) is 20.5. The molecule has 1 aromatic carbocycles. The number of nitriles is 1. The number of nitrogens with two attached hydrogens (primary N) is 1. The molecular formula is C21H17N5O3. The van der Waals surface area contributed by atoms with Crippen LogP contribution in [-0.2, 0) is 4.79 Å². The maximum absolute atomic E-state index is 12.9. The minimum atomic E-state index is -0.564. The van der Waals surface area contributed by atoms with Gasteiger partial charge in [0, 0.05) is 47.9 Å². The smallest absolute Gasteiger partial charge is 0.269 e. The van der Waals surface area contributed by atoms with E-state index in [0.29, 0.717) is 30.5 Å².